The molecule has 0 amide bonds. The smallest absolute Gasteiger partial charge is 0.227 e. The Morgan fingerprint density at radius 3 is 2.63 bits per heavy atom. The standard InChI is InChI=1S/C16H14INO/c1-2-15-14(10-17)18-16(19-15)13-9-5-7-11-6-3-4-8-12(11)13/h3-9H,2,10H2,1H3. The normalized spacial score (nSPS) is 11.1. The zero-order valence-electron chi connectivity index (χ0n) is 10.7. The van der Waals surface area contributed by atoms with Crippen LogP contribution in [0.25, 0.3) is 22.2 Å². The number of benzene rings is 2. The van der Waals surface area contributed by atoms with E-state index in [0.29, 0.717) is 0 Å². The first-order valence-corrected chi connectivity index (χ1v) is 7.88. The van der Waals surface area contributed by atoms with Gasteiger partial charge in [-0.2, -0.15) is 0 Å². The van der Waals surface area contributed by atoms with Gasteiger partial charge in [-0.15, -0.1) is 0 Å². The third kappa shape index (κ3) is 2.27. The fourth-order valence-corrected chi connectivity index (χ4v) is 2.89. The first-order valence-electron chi connectivity index (χ1n) is 6.36. The van der Waals surface area contributed by atoms with E-state index in [1.807, 2.05) is 0 Å². The van der Waals surface area contributed by atoms with Crippen LogP contribution in [0, 0.1) is 0 Å². The molecule has 0 aliphatic carbocycles. The second-order valence-electron chi connectivity index (χ2n) is 4.40. The van der Waals surface area contributed by atoms with Crippen LogP contribution in [0.4, 0.5) is 0 Å². The number of aryl methyl sites for hydroxylation is 1. The van der Waals surface area contributed by atoms with E-state index in [9.17, 15) is 0 Å². The van der Waals surface area contributed by atoms with E-state index in [2.05, 4.69) is 77.0 Å². The van der Waals surface area contributed by atoms with Crippen LogP contribution in [0.3, 0.4) is 0 Å². The number of aromatic nitrogens is 1. The zero-order chi connectivity index (χ0) is 13.2. The Kier molecular flexibility index (Phi) is 3.55. The fraction of sp³-hybridized carbons (Fsp3) is 0.188. The van der Waals surface area contributed by atoms with Gasteiger partial charge in [0.05, 0.1) is 5.69 Å². The highest BCUT2D eigenvalue weighted by molar-refractivity contribution is 14.1. The lowest BCUT2D eigenvalue weighted by Gasteiger charge is -2.02. The van der Waals surface area contributed by atoms with Gasteiger partial charge in [0.15, 0.2) is 0 Å². The number of hydrogen-bond acceptors (Lipinski definition) is 2. The first-order chi connectivity index (χ1) is 9.33. The minimum absolute atomic E-state index is 0.736. The van der Waals surface area contributed by atoms with Gasteiger partial charge in [0.2, 0.25) is 5.89 Å². The minimum Gasteiger partial charge on any atom is -0.441 e. The maximum atomic E-state index is 5.93. The number of hydrogen-bond donors (Lipinski definition) is 0. The van der Waals surface area contributed by atoms with Crippen molar-refractivity contribution in [3.05, 3.63) is 53.9 Å². The van der Waals surface area contributed by atoms with Crippen LogP contribution in [-0.4, -0.2) is 4.98 Å². The summed E-state index contributed by atoms with van der Waals surface area (Å²) >= 11 is 2.33. The van der Waals surface area contributed by atoms with Crippen molar-refractivity contribution in [2.45, 2.75) is 17.8 Å². The molecule has 0 fully saturated rings. The van der Waals surface area contributed by atoms with E-state index in [0.717, 1.165) is 33.8 Å². The molecule has 0 aliphatic rings. The quantitative estimate of drug-likeness (QED) is 0.484. The van der Waals surface area contributed by atoms with Crippen LogP contribution < -0.4 is 0 Å². The van der Waals surface area contributed by atoms with Crippen LogP contribution >= 0.6 is 22.6 Å². The molecule has 3 heteroatoms. The Balaban J connectivity index is 2.21. The van der Waals surface area contributed by atoms with Crippen molar-refractivity contribution in [2.75, 3.05) is 0 Å². The average molecular weight is 363 g/mol. The summed E-state index contributed by atoms with van der Waals surface area (Å²) in [4.78, 5) is 4.65. The number of rotatable bonds is 3. The number of halogens is 1. The van der Waals surface area contributed by atoms with Crippen LogP contribution in [0.15, 0.2) is 46.9 Å². The van der Waals surface area contributed by atoms with E-state index >= 15 is 0 Å². The largest absolute Gasteiger partial charge is 0.441 e. The molecule has 1 aromatic heterocycles. The summed E-state index contributed by atoms with van der Waals surface area (Å²) in [5, 5.41) is 2.40. The Hall–Kier alpha value is -1.36. The summed E-state index contributed by atoms with van der Waals surface area (Å²) in [5.41, 5.74) is 2.13. The fourth-order valence-electron chi connectivity index (χ4n) is 2.29. The lowest BCUT2D eigenvalue weighted by molar-refractivity contribution is 0.523. The van der Waals surface area contributed by atoms with E-state index in [-0.39, 0.29) is 0 Å². The summed E-state index contributed by atoms with van der Waals surface area (Å²) in [7, 11) is 0. The summed E-state index contributed by atoms with van der Waals surface area (Å²) in [6, 6.07) is 14.6. The van der Waals surface area contributed by atoms with Crippen LogP contribution in [0.5, 0.6) is 0 Å². The van der Waals surface area contributed by atoms with Gasteiger partial charge in [-0.3, -0.25) is 0 Å². The van der Waals surface area contributed by atoms with E-state index in [4.69, 9.17) is 4.42 Å². The predicted octanol–water partition coefficient (Wildman–Crippen LogP) is 4.99. The molecule has 2 aromatic carbocycles. The highest BCUT2D eigenvalue weighted by Crippen LogP contribution is 2.30. The van der Waals surface area contributed by atoms with Crippen molar-refractivity contribution >= 4 is 33.4 Å². The molecule has 0 saturated carbocycles. The molecule has 0 bridgehead atoms. The maximum absolute atomic E-state index is 5.93. The van der Waals surface area contributed by atoms with E-state index in [1.54, 1.807) is 0 Å². The molecule has 19 heavy (non-hydrogen) atoms. The van der Waals surface area contributed by atoms with Gasteiger partial charge < -0.3 is 4.42 Å². The molecular formula is C16H14INO. The van der Waals surface area contributed by atoms with Crippen LogP contribution in [0.2, 0.25) is 0 Å². The molecule has 0 saturated heterocycles. The van der Waals surface area contributed by atoms with Crippen molar-refractivity contribution in [3.8, 4) is 11.5 Å². The Morgan fingerprint density at radius 1 is 1.11 bits per heavy atom. The van der Waals surface area contributed by atoms with Gasteiger partial charge in [-0.1, -0.05) is 65.9 Å². The molecule has 1 heterocycles. The third-order valence-corrected chi connectivity index (χ3v) is 3.97. The lowest BCUT2D eigenvalue weighted by atomic mass is 10.0. The zero-order valence-corrected chi connectivity index (χ0v) is 12.8. The summed E-state index contributed by atoms with van der Waals surface area (Å²) < 4.78 is 6.82. The first kappa shape index (κ1) is 12.7. The Morgan fingerprint density at radius 2 is 1.89 bits per heavy atom. The molecule has 0 radical (unpaired) electrons. The SMILES string of the molecule is CCc1oc(-c2cccc3ccccc23)nc1CI. The molecule has 3 rings (SSSR count). The molecule has 0 aliphatic heterocycles. The molecule has 96 valence electrons. The predicted molar refractivity (Wildman–Crippen MR) is 86.5 cm³/mol. The van der Waals surface area contributed by atoms with Gasteiger partial charge in [0.25, 0.3) is 0 Å². The highest BCUT2D eigenvalue weighted by Gasteiger charge is 2.14. The number of fused-ring (bicyclic) bond motifs is 1. The molecule has 0 spiro atoms. The minimum atomic E-state index is 0.736. The van der Waals surface area contributed by atoms with Gasteiger partial charge in [-0.05, 0) is 16.8 Å². The van der Waals surface area contributed by atoms with Gasteiger partial charge in [0, 0.05) is 16.4 Å². The van der Waals surface area contributed by atoms with Crippen molar-refractivity contribution < 1.29 is 4.42 Å². The van der Waals surface area contributed by atoms with Crippen molar-refractivity contribution in [3.63, 3.8) is 0 Å². The van der Waals surface area contributed by atoms with E-state index < -0.39 is 0 Å². The third-order valence-electron chi connectivity index (χ3n) is 3.25. The number of alkyl halides is 1. The summed E-state index contributed by atoms with van der Waals surface area (Å²) in [6.45, 7) is 2.10. The highest BCUT2D eigenvalue weighted by atomic mass is 127. The average Bonchev–Trinajstić information content (AvgIpc) is 2.89. The summed E-state index contributed by atoms with van der Waals surface area (Å²) in [6.07, 6.45) is 0.885. The number of nitrogens with zero attached hydrogens (tertiary/aromatic N) is 1. The Bertz CT molecular complexity index is 691. The molecular weight excluding hydrogens is 349 g/mol. The monoisotopic (exact) mass is 363 g/mol. The molecule has 3 aromatic rings. The molecule has 0 N–H and O–H groups in total. The topological polar surface area (TPSA) is 26.0 Å². The van der Waals surface area contributed by atoms with Gasteiger partial charge in [-0.25, -0.2) is 4.98 Å². The second kappa shape index (κ2) is 5.33. The molecule has 0 atom stereocenters. The maximum Gasteiger partial charge on any atom is 0.227 e. The van der Waals surface area contributed by atoms with E-state index in [1.165, 1.54) is 10.8 Å². The van der Waals surface area contributed by atoms with Gasteiger partial charge >= 0.3 is 0 Å². The van der Waals surface area contributed by atoms with Gasteiger partial charge in [0.1, 0.15) is 5.76 Å². The molecule has 2 nitrogen and oxygen atoms in total. The van der Waals surface area contributed by atoms with Crippen LogP contribution in [0.1, 0.15) is 18.4 Å². The lowest BCUT2D eigenvalue weighted by Crippen LogP contribution is -1.84. The van der Waals surface area contributed by atoms with Crippen molar-refractivity contribution in [2.24, 2.45) is 0 Å². The summed E-state index contributed by atoms with van der Waals surface area (Å²) in [5.74, 6) is 1.73. The van der Waals surface area contributed by atoms with Crippen LogP contribution in [-0.2, 0) is 10.8 Å². The van der Waals surface area contributed by atoms with Crippen molar-refractivity contribution in [1.29, 1.82) is 0 Å². The van der Waals surface area contributed by atoms with Crippen molar-refractivity contribution in [1.82, 2.24) is 4.98 Å². The molecule has 0 unspecified atom stereocenters. The Labute approximate surface area is 126 Å². The second-order valence-corrected chi connectivity index (χ2v) is 5.17. The number of oxazole rings is 1.